The van der Waals surface area contributed by atoms with Gasteiger partial charge in [0.15, 0.2) is 12.6 Å². The highest BCUT2D eigenvalue weighted by atomic mass is 16.7. The molecule has 2 aliphatic heterocycles. The SMILES string of the molecule is CCCCCC/C=C/CC/C=C/CC/C=C/C(O)C(COC1OC(CO)C(OC2OC(CO)C(O)C(O)C2O)C(O)C1O)NC(=O)CCCCCCCCCCCCCCCCCCCCCCCC/C=C\C/C=C\C/C=C\CCCCCCC. The maximum atomic E-state index is 13.3. The summed E-state index contributed by atoms with van der Waals surface area (Å²) >= 11 is 0. The van der Waals surface area contributed by atoms with Gasteiger partial charge in [-0.05, 0) is 83.5 Å². The highest BCUT2D eigenvalue weighted by molar-refractivity contribution is 5.76. The Morgan fingerprint density at radius 2 is 0.788 bits per heavy atom. The zero-order chi connectivity index (χ0) is 61.6. The first kappa shape index (κ1) is 78.5. The van der Waals surface area contributed by atoms with Crippen LogP contribution in [0, 0.1) is 0 Å². The first-order valence-electron chi connectivity index (χ1n) is 34.7. The molecule has 0 aromatic carbocycles. The molecule has 0 aromatic heterocycles. The van der Waals surface area contributed by atoms with Crippen molar-refractivity contribution >= 4 is 5.91 Å². The van der Waals surface area contributed by atoms with Gasteiger partial charge in [0.2, 0.25) is 5.91 Å². The average molecular weight is 1200 g/mol. The second kappa shape index (κ2) is 55.5. The van der Waals surface area contributed by atoms with Gasteiger partial charge in [-0.2, -0.15) is 0 Å². The van der Waals surface area contributed by atoms with E-state index in [0.717, 1.165) is 57.8 Å². The number of unbranched alkanes of at least 4 members (excludes halogenated alkanes) is 33. The van der Waals surface area contributed by atoms with Gasteiger partial charge < -0.3 is 65.1 Å². The van der Waals surface area contributed by atoms with Crippen LogP contribution in [0.15, 0.2) is 72.9 Å². The zero-order valence-electron chi connectivity index (χ0n) is 53.6. The van der Waals surface area contributed by atoms with Gasteiger partial charge in [-0.15, -0.1) is 0 Å². The van der Waals surface area contributed by atoms with Gasteiger partial charge in [-0.25, -0.2) is 0 Å². The van der Waals surface area contributed by atoms with E-state index in [0.29, 0.717) is 12.8 Å². The summed E-state index contributed by atoms with van der Waals surface area (Å²) in [6.07, 6.45) is 58.4. The average Bonchev–Trinajstić information content (AvgIpc) is 3.64. The number of carbonyl (C=O) groups excluding carboxylic acids is 1. The van der Waals surface area contributed by atoms with Crippen molar-refractivity contribution in [3.8, 4) is 0 Å². The Labute approximate surface area is 517 Å². The van der Waals surface area contributed by atoms with Crippen LogP contribution in [0.4, 0.5) is 0 Å². The van der Waals surface area contributed by atoms with Gasteiger partial charge in [0.1, 0.15) is 48.8 Å². The van der Waals surface area contributed by atoms with Gasteiger partial charge in [-0.1, -0.05) is 260 Å². The van der Waals surface area contributed by atoms with Gasteiger partial charge in [0.05, 0.1) is 32.0 Å². The quantitative estimate of drug-likeness (QED) is 0.0204. The van der Waals surface area contributed by atoms with Crippen molar-refractivity contribution in [2.24, 2.45) is 0 Å². The topological polar surface area (TPSA) is 228 Å². The zero-order valence-corrected chi connectivity index (χ0v) is 53.6. The molecule has 12 atom stereocenters. The Bertz CT molecular complexity index is 1700. The number of amides is 1. The maximum absolute atomic E-state index is 13.3. The van der Waals surface area contributed by atoms with E-state index in [4.69, 9.17) is 18.9 Å². The molecule has 9 N–H and O–H groups in total. The smallest absolute Gasteiger partial charge is 0.220 e. The van der Waals surface area contributed by atoms with Gasteiger partial charge >= 0.3 is 0 Å². The van der Waals surface area contributed by atoms with Crippen molar-refractivity contribution in [2.45, 2.75) is 351 Å². The Morgan fingerprint density at radius 3 is 1.25 bits per heavy atom. The molecule has 0 radical (unpaired) electrons. The standard InChI is InChI=1S/C71H127NO13/c1-3-5-7-9-11-13-15-17-19-20-21-22-23-24-25-26-27-28-29-30-31-32-33-34-35-36-37-38-39-40-41-43-45-47-49-51-53-55-63(76)72-59(60(75)54-52-50-48-46-44-42-18-16-14-12-10-8-6-4-2)58-82-70-68(81)66(79)69(62(57-74)84-70)85-71-67(80)65(78)64(77)61(56-73)83-71/h14-17,20-21,23-24,44,46,52,54,59-62,64-71,73-75,77-81H,3-13,18-19,22,25-43,45,47-51,53,55-58H2,1-2H3,(H,72,76)/b16-14+,17-15-,21-20-,24-23-,46-44+,54-52+. The van der Waals surface area contributed by atoms with Gasteiger partial charge in [0, 0.05) is 6.42 Å². The second-order valence-electron chi connectivity index (χ2n) is 24.3. The predicted octanol–water partition coefficient (Wildman–Crippen LogP) is 13.8. The van der Waals surface area contributed by atoms with E-state index in [-0.39, 0.29) is 18.9 Å². The normalized spacial score (nSPS) is 24.0. The molecule has 14 nitrogen and oxygen atoms in total. The minimum atomic E-state index is -1.79. The molecular formula is C71H127NO13. The van der Waals surface area contributed by atoms with E-state index in [9.17, 15) is 45.6 Å². The lowest BCUT2D eigenvalue weighted by molar-refractivity contribution is -0.359. The first-order valence-corrected chi connectivity index (χ1v) is 34.7. The molecule has 12 unspecified atom stereocenters. The van der Waals surface area contributed by atoms with Crippen LogP contribution in [0.1, 0.15) is 277 Å². The number of carbonyl (C=O) groups is 1. The molecule has 0 bridgehead atoms. The molecule has 494 valence electrons. The molecule has 0 aromatic rings. The molecule has 1 amide bonds. The van der Waals surface area contributed by atoms with Crippen molar-refractivity contribution in [3.63, 3.8) is 0 Å². The van der Waals surface area contributed by atoms with Crippen molar-refractivity contribution in [3.05, 3.63) is 72.9 Å². The molecular weight excluding hydrogens is 1070 g/mol. The molecule has 0 spiro atoms. The third kappa shape index (κ3) is 39.9. The largest absolute Gasteiger partial charge is 0.394 e. The van der Waals surface area contributed by atoms with Crippen LogP contribution in [0.5, 0.6) is 0 Å². The summed E-state index contributed by atoms with van der Waals surface area (Å²) in [5.41, 5.74) is 0. The van der Waals surface area contributed by atoms with Crippen LogP contribution in [0.25, 0.3) is 0 Å². The molecule has 14 heteroatoms. The third-order valence-electron chi connectivity index (χ3n) is 16.6. The third-order valence-corrected chi connectivity index (χ3v) is 16.6. The summed E-state index contributed by atoms with van der Waals surface area (Å²) in [5.74, 6) is -0.252. The van der Waals surface area contributed by atoms with E-state index >= 15 is 0 Å². The van der Waals surface area contributed by atoms with Crippen LogP contribution in [-0.4, -0.2) is 140 Å². The summed E-state index contributed by atoms with van der Waals surface area (Å²) in [5, 5.41) is 87.2. The van der Waals surface area contributed by atoms with Crippen LogP contribution < -0.4 is 5.32 Å². The van der Waals surface area contributed by atoms with Crippen molar-refractivity contribution in [1.29, 1.82) is 0 Å². The number of aliphatic hydroxyl groups is 8. The number of rotatable bonds is 56. The lowest BCUT2D eigenvalue weighted by atomic mass is 9.97. The molecule has 2 saturated heterocycles. The van der Waals surface area contributed by atoms with Crippen LogP contribution in [0.2, 0.25) is 0 Å². The molecule has 2 rings (SSSR count). The summed E-state index contributed by atoms with van der Waals surface area (Å²) in [6.45, 7) is 2.75. The number of aliphatic hydroxyl groups excluding tert-OH is 8. The van der Waals surface area contributed by atoms with Gasteiger partial charge in [0.25, 0.3) is 0 Å². The minimum Gasteiger partial charge on any atom is -0.394 e. The van der Waals surface area contributed by atoms with Crippen molar-refractivity contribution < 1.29 is 64.6 Å². The lowest BCUT2D eigenvalue weighted by Crippen LogP contribution is -2.65. The fourth-order valence-electron chi connectivity index (χ4n) is 11.0. The van der Waals surface area contributed by atoms with E-state index in [1.54, 1.807) is 6.08 Å². The lowest BCUT2D eigenvalue weighted by Gasteiger charge is -2.46. The highest BCUT2D eigenvalue weighted by Crippen LogP contribution is 2.30. The number of nitrogens with one attached hydrogen (secondary N) is 1. The minimum absolute atomic E-state index is 0.252. The number of hydrogen-bond donors (Lipinski definition) is 9. The van der Waals surface area contributed by atoms with Crippen LogP contribution in [-0.2, 0) is 23.7 Å². The van der Waals surface area contributed by atoms with Crippen LogP contribution >= 0.6 is 0 Å². The number of hydrogen-bond acceptors (Lipinski definition) is 13. The Balaban J connectivity index is 1.59. The van der Waals surface area contributed by atoms with Crippen molar-refractivity contribution in [1.82, 2.24) is 5.32 Å². The fraction of sp³-hybridized carbons (Fsp3) is 0.817. The number of ether oxygens (including phenoxy) is 4. The Morgan fingerprint density at radius 1 is 0.424 bits per heavy atom. The molecule has 2 aliphatic rings. The first-order chi connectivity index (χ1) is 41.6. The maximum Gasteiger partial charge on any atom is 0.220 e. The molecule has 0 saturated carbocycles. The van der Waals surface area contributed by atoms with Gasteiger partial charge in [-0.3, -0.25) is 4.79 Å². The monoisotopic (exact) mass is 1200 g/mol. The molecule has 85 heavy (non-hydrogen) atoms. The summed E-state index contributed by atoms with van der Waals surface area (Å²) in [4.78, 5) is 13.3. The van der Waals surface area contributed by atoms with E-state index in [1.165, 1.54) is 186 Å². The van der Waals surface area contributed by atoms with E-state index in [1.807, 2.05) is 6.08 Å². The fourth-order valence-corrected chi connectivity index (χ4v) is 11.0. The second-order valence-corrected chi connectivity index (χ2v) is 24.3. The van der Waals surface area contributed by atoms with E-state index < -0.39 is 86.8 Å². The molecule has 0 aliphatic carbocycles. The van der Waals surface area contributed by atoms with E-state index in [2.05, 4.69) is 79.9 Å². The molecule has 2 heterocycles. The predicted molar refractivity (Wildman–Crippen MR) is 346 cm³/mol. The van der Waals surface area contributed by atoms with Crippen molar-refractivity contribution in [2.75, 3.05) is 19.8 Å². The summed E-state index contributed by atoms with van der Waals surface area (Å²) < 4.78 is 22.8. The Hall–Kier alpha value is -2.57. The summed E-state index contributed by atoms with van der Waals surface area (Å²) in [6, 6.07) is -0.939. The Kier molecular flexibility index (Phi) is 51.3. The summed E-state index contributed by atoms with van der Waals surface area (Å²) in [7, 11) is 0. The number of allylic oxidation sites excluding steroid dienone is 11. The van der Waals surface area contributed by atoms with Crippen LogP contribution in [0.3, 0.4) is 0 Å². The molecule has 2 fully saturated rings. The highest BCUT2D eigenvalue weighted by Gasteiger charge is 2.51.